The molecule has 0 aliphatic heterocycles. The molecule has 0 spiro atoms. The molecule has 0 bridgehead atoms. The van der Waals surface area contributed by atoms with Gasteiger partial charge in [-0.05, 0) is 64.0 Å². The summed E-state index contributed by atoms with van der Waals surface area (Å²) in [6.45, 7) is 0. The number of thiazole rings is 1. The molecule has 32 heavy (non-hydrogen) atoms. The van der Waals surface area contributed by atoms with E-state index in [0.717, 1.165) is 39.1 Å². The van der Waals surface area contributed by atoms with Crippen molar-refractivity contribution in [3.63, 3.8) is 0 Å². The molecule has 3 aromatic heterocycles. The van der Waals surface area contributed by atoms with E-state index in [9.17, 15) is 4.39 Å². The highest BCUT2D eigenvalue weighted by Crippen LogP contribution is 2.34. The molecule has 0 amide bonds. The highest BCUT2D eigenvalue weighted by atomic mass is 79.9. The summed E-state index contributed by atoms with van der Waals surface area (Å²) in [5.74, 6) is 0.534. The Kier molecular flexibility index (Phi) is 5.55. The molecule has 0 atom stereocenters. The first-order valence-corrected chi connectivity index (χ1v) is 11.5. The maximum Gasteiger partial charge on any atom is 0.191 e. The molecule has 5 nitrogen and oxygen atoms in total. The number of halogens is 2. The van der Waals surface area contributed by atoms with Crippen molar-refractivity contribution in [3.8, 4) is 11.3 Å². The summed E-state index contributed by atoms with van der Waals surface area (Å²) in [6, 6.07) is 20.2. The predicted molar refractivity (Wildman–Crippen MR) is 132 cm³/mol. The van der Waals surface area contributed by atoms with Gasteiger partial charge in [-0.1, -0.05) is 36.4 Å². The first-order chi connectivity index (χ1) is 15.6. The van der Waals surface area contributed by atoms with Gasteiger partial charge in [0.05, 0.1) is 5.69 Å². The Bertz CT molecular complexity index is 1410. The summed E-state index contributed by atoms with van der Waals surface area (Å²) in [6.07, 6.45) is 4.01. The van der Waals surface area contributed by atoms with Crippen LogP contribution in [0, 0.1) is 5.82 Å². The zero-order valence-electron chi connectivity index (χ0n) is 17.0. The second kappa shape index (κ2) is 8.64. The van der Waals surface area contributed by atoms with E-state index in [1.54, 1.807) is 16.6 Å². The zero-order chi connectivity index (χ0) is 22.1. The molecule has 8 heteroatoms. The van der Waals surface area contributed by atoms with E-state index in [1.165, 1.54) is 23.5 Å². The van der Waals surface area contributed by atoms with Gasteiger partial charge in [0.1, 0.15) is 16.1 Å². The third-order valence-corrected chi connectivity index (χ3v) is 6.26. The highest BCUT2D eigenvalue weighted by molar-refractivity contribution is 9.10. The van der Waals surface area contributed by atoms with Gasteiger partial charge in [-0.3, -0.25) is 0 Å². The predicted octanol–water partition coefficient (Wildman–Crippen LogP) is 6.69. The van der Waals surface area contributed by atoms with E-state index in [4.69, 9.17) is 9.97 Å². The summed E-state index contributed by atoms with van der Waals surface area (Å²) in [4.78, 5) is 11.5. The minimum atomic E-state index is -0.265. The van der Waals surface area contributed by atoms with Crippen LogP contribution in [0.2, 0.25) is 0 Å². The van der Waals surface area contributed by atoms with Gasteiger partial charge in [0.25, 0.3) is 0 Å². The molecule has 0 radical (unpaired) electrons. The molecule has 0 aliphatic rings. The Morgan fingerprint density at radius 1 is 0.969 bits per heavy atom. The Morgan fingerprint density at radius 3 is 2.53 bits per heavy atom. The molecule has 5 aromatic rings. The smallest absolute Gasteiger partial charge is 0.191 e. The fourth-order valence-corrected chi connectivity index (χ4v) is 4.44. The van der Waals surface area contributed by atoms with E-state index in [0.29, 0.717) is 4.60 Å². The van der Waals surface area contributed by atoms with Crippen molar-refractivity contribution >= 4 is 56.0 Å². The molecule has 0 saturated heterocycles. The summed E-state index contributed by atoms with van der Waals surface area (Å²) < 4.78 is 15.8. The van der Waals surface area contributed by atoms with Crippen LogP contribution in [0.15, 0.2) is 76.7 Å². The average molecular weight is 506 g/mol. The first kappa shape index (κ1) is 20.5. The van der Waals surface area contributed by atoms with Gasteiger partial charge in [-0.25, -0.2) is 14.4 Å². The van der Waals surface area contributed by atoms with Crippen molar-refractivity contribution in [2.75, 3.05) is 11.9 Å². The lowest BCUT2D eigenvalue weighted by molar-refractivity contribution is 0.628. The van der Waals surface area contributed by atoms with Crippen LogP contribution >= 0.6 is 27.3 Å². The van der Waals surface area contributed by atoms with E-state index >= 15 is 0 Å². The number of imidazole rings is 1. The number of anilines is 2. The summed E-state index contributed by atoms with van der Waals surface area (Å²) in [5, 5.41) is 7.35. The van der Waals surface area contributed by atoms with Crippen molar-refractivity contribution < 1.29 is 4.39 Å². The van der Waals surface area contributed by atoms with Gasteiger partial charge in [-0.2, -0.15) is 9.61 Å². The second-order valence-corrected chi connectivity index (χ2v) is 8.72. The molecule has 5 rings (SSSR count). The summed E-state index contributed by atoms with van der Waals surface area (Å²) in [7, 11) is 1.94. The first-order valence-electron chi connectivity index (χ1n) is 9.82. The lowest BCUT2D eigenvalue weighted by Crippen LogP contribution is -2.14. The van der Waals surface area contributed by atoms with Gasteiger partial charge in [0, 0.05) is 18.0 Å². The molecule has 0 fully saturated rings. The third-order valence-electron chi connectivity index (χ3n) is 4.92. The number of rotatable bonds is 5. The van der Waals surface area contributed by atoms with Gasteiger partial charge < -0.3 is 4.90 Å². The fourth-order valence-electron chi connectivity index (χ4n) is 3.34. The number of aromatic nitrogens is 4. The van der Waals surface area contributed by atoms with Gasteiger partial charge in [-0.15, -0.1) is 11.3 Å². The van der Waals surface area contributed by atoms with Crippen LogP contribution in [-0.2, 0) is 0 Å². The fraction of sp³-hybridized carbons (Fsp3) is 0.0417. The normalized spacial score (nSPS) is 11.5. The van der Waals surface area contributed by atoms with E-state index in [1.807, 2.05) is 71.9 Å². The number of hydrogen-bond donors (Lipinski definition) is 0. The maximum atomic E-state index is 13.3. The van der Waals surface area contributed by atoms with Crippen LogP contribution in [0.1, 0.15) is 11.3 Å². The molecule has 0 N–H and O–H groups in total. The monoisotopic (exact) mass is 505 g/mol. The van der Waals surface area contributed by atoms with E-state index in [2.05, 4.69) is 21.0 Å². The van der Waals surface area contributed by atoms with Crippen molar-refractivity contribution in [1.29, 1.82) is 0 Å². The molecule has 0 aliphatic carbocycles. The summed E-state index contributed by atoms with van der Waals surface area (Å²) in [5.41, 5.74) is 4.26. The number of fused-ring (bicyclic) bond motifs is 1. The van der Waals surface area contributed by atoms with E-state index < -0.39 is 0 Å². The Morgan fingerprint density at radius 2 is 1.75 bits per heavy atom. The number of hydrogen-bond acceptors (Lipinski definition) is 5. The second-order valence-electron chi connectivity index (χ2n) is 7.07. The van der Waals surface area contributed by atoms with Gasteiger partial charge >= 0.3 is 0 Å². The number of benzene rings is 2. The largest absolute Gasteiger partial charge is 0.304 e. The molecule has 3 heterocycles. The quantitative estimate of drug-likeness (QED) is 0.266. The lowest BCUT2D eigenvalue weighted by atomic mass is 10.2. The lowest BCUT2D eigenvalue weighted by Gasteiger charge is -2.15. The Hall–Kier alpha value is -3.36. The third kappa shape index (κ3) is 4.06. The van der Waals surface area contributed by atoms with Gasteiger partial charge in [0.2, 0.25) is 0 Å². The van der Waals surface area contributed by atoms with Crippen molar-refractivity contribution in [2.24, 2.45) is 0 Å². The molecular formula is C24H17BrFN5S. The van der Waals surface area contributed by atoms with Crippen LogP contribution in [0.4, 0.5) is 15.3 Å². The van der Waals surface area contributed by atoms with Crippen molar-refractivity contribution in [3.05, 3.63) is 93.8 Å². The zero-order valence-corrected chi connectivity index (χ0v) is 19.4. The minimum absolute atomic E-state index is 0.265. The van der Waals surface area contributed by atoms with Crippen molar-refractivity contribution in [1.82, 2.24) is 19.6 Å². The van der Waals surface area contributed by atoms with E-state index in [-0.39, 0.29) is 5.82 Å². The highest BCUT2D eigenvalue weighted by Gasteiger charge is 2.20. The van der Waals surface area contributed by atoms with Crippen LogP contribution < -0.4 is 4.90 Å². The van der Waals surface area contributed by atoms with Crippen LogP contribution in [0.25, 0.3) is 29.1 Å². The minimum Gasteiger partial charge on any atom is -0.304 e. The summed E-state index contributed by atoms with van der Waals surface area (Å²) >= 11 is 4.96. The average Bonchev–Trinajstić information content (AvgIpc) is 3.43. The molecule has 158 valence electrons. The topological polar surface area (TPSA) is 46.3 Å². The van der Waals surface area contributed by atoms with Crippen LogP contribution in [-0.4, -0.2) is 26.6 Å². The van der Waals surface area contributed by atoms with Gasteiger partial charge in [0.15, 0.2) is 16.6 Å². The van der Waals surface area contributed by atoms with Crippen LogP contribution in [0.3, 0.4) is 0 Å². The molecule has 0 saturated carbocycles. The molecular weight excluding hydrogens is 489 g/mol. The van der Waals surface area contributed by atoms with Crippen LogP contribution in [0.5, 0.6) is 0 Å². The molecule has 2 aromatic carbocycles. The Balaban J connectivity index is 1.57. The van der Waals surface area contributed by atoms with Crippen molar-refractivity contribution in [2.45, 2.75) is 0 Å². The standard InChI is InChI=1S/C24H17BrFN5S/c1-30(24-28-20(15-32-24)17-8-10-18(26)11-9-17)23-19(12-7-16-5-3-2-4-6-16)27-22-14-13-21(25)29-31(22)23/h2-15H,1H3. The Labute approximate surface area is 196 Å². The molecule has 0 unspecified atom stereocenters. The maximum absolute atomic E-state index is 13.3. The SMILES string of the molecule is CN(c1nc(-c2ccc(F)cc2)cs1)c1c(C=Cc2ccccc2)nc2ccc(Br)nn12. The number of nitrogens with zero attached hydrogens (tertiary/aromatic N) is 5.